The molecule has 0 saturated carbocycles. The first kappa shape index (κ1) is 39.4. The number of carbonyl (C=O) groups is 3. The van der Waals surface area contributed by atoms with E-state index >= 15 is 0 Å². The van der Waals surface area contributed by atoms with Gasteiger partial charge in [0.1, 0.15) is 18.1 Å². The lowest BCUT2D eigenvalue weighted by atomic mass is 9.85. The molecule has 0 bridgehead atoms. The Labute approximate surface area is 339 Å². The van der Waals surface area contributed by atoms with Crippen LogP contribution in [0.1, 0.15) is 48.1 Å². The van der Waals surface area contributed by atoms with Gasteiger partial charge in [0.15, 0.2) is 0 Å². The van der Waals surface area contributed by atoms with E-state index in [1.165, 1.54) is 29.7 Å². The number of hydrogen-bond acceptors (Lipinski definition) is 18. The van der Waals surface area contributed by atoms with Crippen LogP contribution in [0.25, 0.3) is 33.4 Å². The van der Waals surface area contributed by atoms with Gasteiger partial charge in [0.2, 0.25) is 25.4 Å². The van der Waals surface area contributed by atoms with E-state index < -0.39 is 112 Å². The van der Waals surface area contributed by atoms with Gasteiger partial charge in [0.05, 0.1) is 72.0 Å². The van der Waals surface area contributed by atoms with Crippen molar-refractivity contribution in [1.82, 2.24) is 9.55 Å². The molecule has 2 radical (unpaired) electrons. The molecule has 61 heavy (non-hydrogen) atoms. The zero-order valence-electron chi connectivity index (χ0n) is 31.1. The average molecular weight is 831 g/mol. The highest BCUT2D eigenvalue weighted by Crippen LogP contribution is 2.50. The zero-order valence-corrected chi connectivity index (χ0v) is 31.1. The second kappa shape index (κ2) is 14.1. The minimum atomic E-state index is -2.24. The van der Waals surface area contributed by atoms with Gasteiger partial charge in [0.25, 0.3) is 28.3 Å². The van der Waals surface area contributed by atoms with Crippen LogP contribution in [0.3, 0.4) is 0 Å². The monoisotopic (exact) mass is 831 g/mol. The maximum absolute atomic E-state index is 14.0. The molecule has 4 heterocycles. The highest BCUT2D eigenvalue weighted by Gasteiger charge is 2.51. The summed E-state index contributed by atoms with van der Waals surface area (Å²) in [5.41, 5.74) is -7.26. The normalized spacial score (nSPS) is 15.9. The second-order valence-electron chi connectivity index (χ2n) is 13.8. The van der Waals surface area contributed by atoms with Crippen molar-refractivity contribution in [2.75, 3.05) is 0 Å². The maximum atomic E-state index is 14.0. The first-order valence-electron chi connectivity index (χ1n) is 17.7. The number of non-ortho nitro benzene ring substituents is 2. The van der Waals surface area contributed by atoms with Crippen molar-refractivity contribution in [2.45, 2.75) is 45.1 Å². The summed E-state index contributed by atoms with van der Waals surface area (Å²) in [6, 6.07) is 10.5. The number of ether oxygens (including phenoxy) is 3. The Bertz CT molecular complexity index is 2940. The fraction of sp³-hybridized carbons (Fsp3) is 0.189. The number of nitro groups is 4. The number of carbonyl (C=O) groups excluding carboxylic acids is 3. The maximum Gasteiger partial charge on any atom is 0.355 e. The molecule has 2 atom stereocenters. The molecule has 0 fully saturated rings. The molecule has 304 valence electrons. The molecule has 3 aliphatic rings. The molecule has 0 amide bonds. The van der Waals surface area contributed by atoms with E-state index in [1.807, 2.05) is 0 Å². The molecule has 2 aromatic heterocycles. The number of hydrogen-bond donors (Lipinski definition) is 0. The van der Waals surface area contributed by atoms with E-state index in [0.717, 1.165) is 19.1 Å². The molecule has 0 spiro atoms. The second-order valence-corrected chi connectivity index (χ2v) is 13.8. The topological polar surface area (TPSA) is 308 Å². The van der Waals surface area contributed by atoms with Gasteiger partial charge in [-0.2, -0.15) is 0 Å². The zero-order chi connectivity index (χ0) is 43.8. The van der Waals surface area contributed by atoms with Gasteiger partial charge in [0, 0.05) is 39.8 Å². The Morgan fingerprint density at radius 3 is 2.10 bits per heavy atom. The smallest absolute Gasteiger partial charge is 0.355 e. The summed E-state index contributed by atoms with van der Waals surface area (Å²) in [5.74, 6) is -3.16. The van der Waals surface area contributed by atoms with Crippen LogP contribution in [-0.2, 0) is 42.7 Å². The van der Waals surface area contributed by atoms with Crippen LogP contribution >= 0.6 is 0 Å². The number of cyclic esters (lactones) is 1. The summed E-state index contributed by atoms with van der Waals surface area (Å²) in [7, 11) is 5.14. The third-order valence-corrected chi connectivity index (χ3v) is 10.4. The molecule has 23 nitrogen and oxygen atoms in total. The number of pyridine rings is 2. The van der Waals surface area contributed by atoms with Gasteiger partial charge in [-0.1, -0.05) is 12.1 Å². The predicted molar refractivity (Wildman–Crippen MR) is 205 cm³/mol. The number of nitrogens with zero attached hydrogens (tertiary/aromatic N) is 7. The van der Waals surface area contributed by atoms with Crippen LogP contribution in [0, 0.1) is 40.5 Å². The van der Waals surface area contributed by atoms with Crippen molar-refractivity contribution in [1.29, 1.82) is 0 Å². The fourth-order valence-corrected chi connectivity index (χ4v) is 7.60. The number of esters is 2. The summed E-state index contributed by atoms with van der Waals surface area (Å²) in [5, 5.41) is 52.4. The lowest BCUT2D eigenvalue weighted by Gasteiger charge is -2.36. The number of aromatic nitrogens is 2. The quantitative estimate of drug-likeness (QED) is 0.0775. The Morgan fingerprint density at radius 1 is 0.918 bits per heavy atom. The van der Waals surface area contributed by atoms with Crippen LogP contribution < -0.4 is 10.3 Å². The van der Waals surface area contributed by atoms with Crippen molar-refractivity contribution < 1.29 is 53.1 Å². The number of rotatable bonds is 10. The van der Waals surface area contributed by atoms with Crippen LogP contribution in [0.5, 0.6) is 5.75 Å². The highest BCUT2D eigenvalue weighted by molar-refractivity contribution is 6.55. The van der Waals surface area contributed by atoms with E-state index in [-0.39, 0.29) is 35.5 Å². The van der Waals surface area contributed by atoms with Gasteiger partial charge in [-0.15, -0.1) is 0 Å². The molecule has 0 N–H and O–H groups in total. The Kier molecular flexibility index (Phi) is 9.13. The third kappa shape index (κ3) is 6.23. The summed E-state index contributed by atoms with van der Waals surface area (Å²) >= 11 is 0. The van der Waals surface area contributed by atoms with E-state index in [0.29, 0.717) is 34.3 Å². The molecule has 3 aromatic carbocycles. The van der Waals surface area contributed by atoms with Crippen molar-refractivity contribution in [3.63, 3.8) is 0 Å². The number of fused-ring (bicyclic) bond motifs is 8. The van der Waals surface area contributed by atoms with Crippen molar-refractivity contribution in [3.8, 4) is 28.3 Å². The van der Waals surface area contributed by atoms with Crippen molar-refractivity contribution in [2.24, 2.45) is 5.16 Å². The molecule has 24 heteroatoms. The van der Waals surface area contributed by atoms with E-state index in [2.05, 4.69) is 5.16 Å². The lowest BCUT2D eigenvalue weighted by molar-refractivity contribution is -0.395. The predicted octanol–water partition coefficient (Wildman–Crippen LogP) is 4.77. The molecular weight excluding hydrogens is 809 g/mol. The van der Waals surface area contributed by atoms with Gasteiger partial charge in [-0.25, -0.2) is 14.6 Å². The molecule has 0 saturated heterocycles. The minimum Gasteiger partial charge on any atom is -0.457 e. The van der Waals surface area contributed by atoms with E-state index in [4.69, 9.17) is 31.9 Å². The van der Waals surface area contributed by atoms with E-state index in [1.54, 1.807) is 12.1 Å². The minimum absolute atomic E-state index is 0.00722. The number of oxime groups is 1. The average Bonchev–Trinajstić information content (AvgIpc) is 3.73. The van der Waals surface area contributed by atoms with Gasteiger partial charge >= 0.3 is 11.9 Å². The summed E-state index contributed by atoms with van der Waals surface area (Å²) in [4.78, 5) is 107. The number of benzene rings is 3. The Hall–Kier alpha value is -8.44. The Balaban J connectivity index is 1.18. The summed E-state index contributed by atoms with van der Waals surface area (Å²) in [6.45, 7) is 2.18. The van der Waals surface area contributed by atoms with Crippen molar-refractivity contribution >= 4 is 65.0 Å². The highest BCUT2D eigenvalue weighted by atomic mass is 16.7. The fourth-order valence-electron chi connectivity index (χ4n) is 7.60. The van der Waals surface area contributed by atoms with Crippen LogP contribution in [0.2, 0.25) is 0 Å². The molecule has 1 aliphatic carbocycles. The lowest BCUT2D eigenvalue weighted by Crippen LogP contribution is -2.48. The molecular formula is C37H22BN7O16. The number of nitro benzene ring substituents is 4. The van der Waals surface area contributed by atoms with E-state index in [9.17, 15) is 59.6 Å². The van der Waals surface area contributed by atoms with Gasteiger partial charge < -0.3 is 23.6 Å². The summed E-state index contributed by atoms with van der Waals surface area (Å²) in [6.07, 6.45) is -2.05. The Morgan fingerprint density at radius 2 is 1.54 bits per heavy atom. The first-order valence-corrected chi connectivity index (χ1v) is 17.7. The van der Waals surface area contributed by atoms with Gasteiger partial charge in [-0.3, -0.25) is 50.0 Å². The van der Waals surface area contributed by atoms with Crippen LogP contribution in [-0.4, -0.2) is 66.7 Å². The largest absolute Gasteiger partial charge is 0.457 e. The molecule has 5 aromatic rings. The molecule has 0 unspecified atom stereocenters. The SMILES string of the molecule is [B]C(=O)Oc1ccc2nc3c(cc2c1)Cn1c-3cc2c(c1=O)COC(=O)[C@@]2(CC)OC(=O)[C@H](C)ON=C1c2cc([N+](=O)[O-])cc([N+](=O)[O-])c2-c2c1cc([N+](=O)[O-])cc2[N+](=O)[O-]. The summed E-state index contributed by atoms with van der Waals surface area (Å²) < 4.78 is 17.6. The van der Waals surface area contributed by atoms with Crippen LogP contribution in [0.4, 0.5) is 27.5 Å². The van der Waals surface area contributed by atoms with Crippen molar-refractivity contribution in [3.05, 3.63) is 133 Å². The first-order chi connectivity index (χ1) is 28.9. The molecule has 8 rings (SSSR count). The van der Waals surface area contributed by atoms with Gasteiger partial charge in [-0.05, 0) is 43.7 Å². The molecule has 2 aliphatic heterocycles. The third-order valence-electron chi connectivity index (χ3n) is 10.4. The van der Waals surface area contributed by atoms with Crippen LogP contribution in [0.15, 0.2) is 64.5 Å². The standard InChI is InChI=1S/C37H22BN7O16/c1-3-37(24-12-28-31-17(13-41(28)33(46)23(24)14-58-35(37)48)6-16-7-20(59-36(38)49)4-5-25(16)39-31)60-34(47)15(2)61-40-32-21-8-18(42(50)51)10-26(44(54)55)29(21)30-22(32)9-19(43(52)53)11-27(30)45(56)57/h4-12,15H,3,13-14H2,1-2H3/t15-,37-/m0/s1.